The van der Waals surface area contributed by atoms with E-state index in [1.165, 1.54) is 24.4 Å². The number of ether oxygens (including phenoxy) is 1. The molecule has 0 aliphatic heterocycles. The van der Waals surface area contributed by atoms with E-state index in [0.29, 0.717) is 12.2 Å². The van der Waals surface area contributed by atoms with Crippen molar-refractivity contribution < 1.29 is 40.2 Å². The number of aromatic hydroxyl groups is 1. The van der Waals surface area contributed by atoms with E-state index < -0.39 is 36.9 Å². The average molecular weight is 358 g/mol. The third kappa shape index (κ3) is 5.96. The van der Waals surface area contributed by atoms with Gasteiger partial charge in [-0.15, -0.1) is 0 Å². The largest absolute Gasteiger partial charge is 0.504 e. The zero-order valence-electron chi connectivity index (χ0n) is 13.5. The van der Waals surface area contributed by atoms with E-state index in [9.17, 15) is 30.3 Å². The number of hydrazone groups is 1. The van der Waals surface area contributed by atoms with Crippen molar-refractivity contribution in [3.63, 3.8) is 0 Å². The highest BCUT2D eigenvalue weighted by atomic mass is 16.5. The fourth-order valence-electron chi connectivity index (χ4n) is 1.80. The Morgan fingerprint density at radius 1 is 1.28 bits per heavy atom. The van der Waals surface area contributed by atoms with Crippen LogP contribution in [0.2, 0.25) is 0 Å². The Bertz CT molecular complexity index is 595. The molecule has 7 N–H and O–H groups in total. The minimum atomic E-state index is -2.08. The smallest absolute Gasteiger partial charge is 0.271 e. The van der Waals surface area contributed by atoms with Gasteiger partial charge < -0.3 is 35.4 Å². The second-order valence-electron chi connectivity index (χ2n) is 5.07. The molecule has 0 saturated carbocycles. The first kappa shape index (κ1) is 20.8. The molecule has 1 aromatic carbocycles. The lowest BCUT2D eigenvalue weighted by Crippen LogP contribution is -2.50. The number of carbonyl (C=O) groups excluding carboxylic acids is 1. The molecule has 1 aromatic rings. The molecule has 25 heavy (non-hydrogen) atoms. The van der Waals surface area contributed by atoms with Crippen LogP contribution in [0.1, 0.15) is 12.5 Å². The van der Waals surface area contributed by atoms with E-state index >= 15 is 0 Å². The summed E-state index contributed by atoms with van der Waals surface area (Å²) in [5.74, 6) is -0.955. The Balaban J connectivity index is 2.66. The SMILES string of the molecule is CCOc1cc(/C=N/NC(=O)[C@H](O)[C@H](O)[C@H](O)[C@H](O)CO)ccc1O. The summed E-state index contributed by atoms with van der Waals surface area (Å²) in [6.07, 6.45) is -6.52. The molecule has 140 valence electrons. The fourth-order valence-corrected chi connectivity index (χ4v) is 1.80. The second-order valence-corrected chi connectivity index (χ2v) is 5.07. The van der Waals surface area contributed by atoms with Crippen molar-refractivity contribution in [2.75, 3.05) is 13.2 Å². The molecule has 0 spiro atoms. The maximum absolute atomic E-state index is 11.7. The van der Waals surface area contributed by atoms with Gasteiger partial charge in [-0.2, -0.15) is 5.10 Å². The van der Waals surface area contributed by atoms with E-state index in [1.54, 1.807) is 6.92 Å². The highest BCUT2D eigenvalue weighted by molar-refractivity contribution is 5.85. The first-order valence-corrected chi connectivity index (χ1v) is 7.43. The van der Waals surface area contributed by atoms with Crippen molar-refractivity contribution in [3.8, 4) is 11.5 Å². The Morgan fingerprint density at radius 2 is 1.96 bits per heavy atom. The molecule has 0 unspecified atom stereocenters. The number of nitrogens with zero attached hydrogens (tertiary/aromatic N) is 1. The molecule has 0 radical (unpaired) electrons. The number of aliphatic hydroxyl groups is 5. The number of benzene rings is 1. The molecule has 0 saturated heterocycles. The normalized spacial score (nSPS) is 16.2. The number of phenolic OH excluding ortho intramolecular Hbond substituents is 1. The van der Waals surface area contributed by atoms with Gasteiger partial charge in [-0.25, -0.2) is 5.43 Å². The molecular weight excluding hydrogens is 336 g/mol. The van der Waals surface area contributed by atoms with Crippen LogP contribution in [0.4, 0.5) is 0 Å². The minimum Gasteiger partial charge on any atom is -0.504 e. The van der Waals surface area contributed by atoms with Crippen LogP contribution in [0.15, 0.2) is 23.3 Å². The molecule has 10 nitrogen and oxygen atoms in total. The van der Waals surface area contributed by atoms with E-state index in [2.05, 4.69) is 5.10 Å². The predicted octanol–water partition coefficient (Wildman–Crippen LogP) is -2.32. The zero-order chi connectivity index (χ0) is 19.0. The molecule has 10 heteroatoms. The van der Waals surface area contributed by atoms with E-state index in [4.69, 9.17) is 9.84 Å². The van der Waals surface area contributed by atoms with Gasteiger partial charge in [-0.05, 0) is 30.7 Å². The molecule has 0 bridgehead atoms. The first-order valence-electron chi connectivity index (χ1n) is 7.43. The first-order chi connectivity index (χ1) is 11.8. The van der Waals surface area contributed by atoms with Crippen LogP contribution in [-0.4, -0.2) is 80.4 Å². The van der Waals surface area contributed by atoms with Crippen LogP contribution in [0.25, 0.3) is 0 Å². The van der Waals surface area contributed by atoms with Crippen molar-refractivity contribution in [2.24, 2.45) is 5.10 Å². The summed E-state index contributed by atoms with van der Waals surface area (Å²) in [7, 11) is 0. The topological polar surface area (TPSA) is 172 Å². The van der Waals surface area contributed by atoms with E-state index in [0.717, 1.165) is 0 Å². The summed E-state index contributed by atoms with van der Waals surface area (Å²) in [5, 5.41) is 59.6. The quantitative estimate of drug-likeness (QED) is 0.190. The number of phenols is 1. The van der Waals surface area contributed by atoms with Gasteiger partial charge in [0.2, 0.25) is 0 Å². The lowest BCUT2D eigenvalue weighted by Gasteiger charge is -2.24. The third-order valence-corrected chi connectivity index (χ3v) is 3.20. The monoisotopic (exact) mass is 358 g/mol. The number of nitrogens with one attached hydrogen (secondary N) is 1. The molecule has 0 heterocycles. The van der Waals surface area contributed by atoms with Crippen LogP contribution < -0.4 is 10.2 Å². The van der Waals surface area contributed by atoms with Gasteiger partial charge >= 0.3 is 0 Å². The summed E-state index contributed by atoms with van der Waals surface area (Å²) in [6, 6.07) is 4.35. The zero-order valence-corrected chi connectivity index (χ0v) is 13.5. The van der Waals surface area contributed by atoms with Crippen molar-refractivity contribution >= 4 is 12.1 Å². The van der Waals surface area contributed by atoms with E-state index in [-0.39, 0.29) is 11.5 Å². The minimum absolute atomic E-state index is 0.0574. The number of aliphatic hydroxyl groups excluding tert-OH is 5. The van der Waals surface area contributed by atoms with Gasteiger partial charge in [0.15, 0.2) is 17.6 Å². The van der Waals surface area contributed by atoms with Crippen LogP contribution >= 0.6 is 0 Å². The Morgan fingerprint density at radius 3 is 2.56 bits per heavy atom. The van der Waals surface area contributed by atoms with Gasteiger partial charge in [0.25, 0.3) is 5.91 Å². The molecule has 0 aliphatic rings. The summed E-state index contributed by atoms with van der Waals surface area (Å²) in [4.78, 5) is 11.7. The Hall–Kier alpha value is -2.24. The summed E-state index contributed by atoms with van der Waals surface area (Å²) in [6.45, 7) is 1.24. The number of amides is 1. The maximum Gasteiger partial charge on any atom is 0.271 e. The molecule has 0 aliphatic carbocycles. The van der Waals surface area contributed by atoms with Crippen molar-refractivity contribution in [1.29, 1.82) is 0 Å². The predicted molar refractivity (Wildman–Crippen MR) is 86.1 cm³/mol. The molecule has 0 aromatic heterocycles. The highest BCUT2D eigenvalue weighted by Gasteiger charge is 2.34. The van der Waals surface area contributed by atoms with Gasteiger partial charge in [0.1, 0.15) is 18.3 Å². The Labute approximate surface area is 143 Å². The lowest BCUT2D eigenvalue weighted by molar-refractivity contribution is -0.148. The number of hydrogen-bond acceptors (Lipinski definition) is 9. The lowest BCUT2D eigenvalue weighted by atomic mass is 10.0. The van der Waals surface area contributed by atoms with Crippen molar-refractivity contribution in [2.45, 2.75) is 31.3 Å². The standard InChI is InChI=1S/C15H22N2O8/c1-2-25-11-5-8(3-4-9(11)19)6-16-17-15(24)14(23)13(22)12(21)10(20)7-18/h3-6,10,12-14,18-23H,2,7H2,1H3,(H,17,24)/b16-6+/t10-,12-,13-,14-/m1/s1. The summed E-state index contributed by atoms with van der Waals surface area (Å²) >= 11 is 0. The Kier molecular flexibility index (Phi) is 8.25. The average Bonchev–Trinajstić information content (AvgIpc) is 2.61. The summed E-state index contributed by atoms with van der Waals surface area (Å²) in [5.41, 5.74) is 2.43. The molecule has 1 rings (SSSR count). The molecular formula is C15H22N2O8. The van der Waals surface area contributed by atoms with E-state index in [1.807, 2.05) is 5.43 Å². The maximum atomic E-state index is 11.7. The third-order valence-electron chi connectivity index (χ3n) is 3.20. The van der Waals surface area contributed by atoms with Crippen LogP contribution in [0.5, 0.6) is 11.5 Å². The second kappa shape index (κ2) is 9.91. The number of rotatable bonds is 9. The van der Waals surface area contributed by atoms with Gasteiger partial charge in [0.05, 0.1) is 19.4 Å². The van der Waals surface area contributed by atoms with Crippen molar-refractivity contribution in [1.82, 2.24) is 5.43 Å². The van der Waals surface area contributed by atoms with Crippen LogP contribution in [0, 0.1) is 0 Å². The molecule has 1 amide bonds. The van der Waals surface area contributed by atoms with Crippen LogP contribution in [-0.2, 0) is 4.79 Å². The van der Waals surface area contributed by atoms with Gasteiger partial charge in [-0.1, -0.05) is 0 Å². The number of hydrogen-bond donors (Lipinski definition) is 7. The molecule has 4 atom stereocenters. The number of carbonyl (C=O) groups is 1. The summed E-state index contributed by atoms with van der Waals surface area (Å²) < 4.78 is 5.19. The molecule has 0 fully saturated rings. The van der Waals surface area contributed by atoms with Gasteiger partial charge in [-0.3, -0.25) is 4.79 Å². The highest BCUT2D eigenvalue weighted by Crippen LogP contribution is 2.26. The van der Waals surface area contributed by atoms with Crippen LogP contribution in [0.3, 0.4) is 0 Å². The van der Waals surface area contributed by atoms with Gasteiger partial charge in [0, 0.05) is 0 Å². The fraction of sp³-hybridized carbons (Fsp3) is 0.467. The van der Waals surface area contributed by atoms with Crippen molar-refractivity contribution in [3.05, 3.63) is 23.8 Å².